The van der Waals surface area contributed by atoms with Gasteiger partial charge in [-0.3, -0.25) is 9.69 Å². The largest absolute Gasteiger partial charge is 0.469 e. The Balaban J connectivity index is 2.57. The van der Waals surface area contributed by atoms with Crippen molar-refractivity contribution in [1.82, 2.24) is 10.2 Å². The number of rotatable bonds is 5. The first-order chi connectivity index (χ1) is 8.85. The van der Waals surface area contributed by atoms with Crippen LogP contribution in [0.1, 0.15) is 6.42 Å². The van der Waals surface area contributed by atoms with Crippen LogP contribution in [0.2, 0.25) is 0 Å². The molecule has 3 N–H and O–H groups in total. The van der Waals surface area contributed by atoms with E-state index < -0.39 is 18.6 Å². The quantitative estimate of drug-likeness (QED) is 0.693. The maximum Gasteiger partial charge on any atom is 0.401 e. The van der Waals surface area contributed by atoms with Gasteiger partial charge in [0.15, 0.2) is 0 Å². The van der Waals surface area contributed by atoms with Gasteiger partial charge in [0.2, 0.25) is 0 Å². The highest BCUT2D eigenvalue weighted by Crippen LogP contribution is 2.20. The lowest BCUT2D eigenvalue weighted by molar-refractivity contribution is -0.148. The molecule has 0 aromatic carbocycles. The van der Waals surface area contributed by atoms with E-state index in [1.165, 1.54) is 7.11 Å². The third kappa shape index (κ3) is 5.75. The molecule has 8 heteroatoms. The summed E-state index contributed by atoms with van der Waals surface area (Å²) in [6.07, 6.45) is -3.90. The minimum absolute atomic E-state index is 0.351. The molecular weight excluding hydrogens is 263 g/mol. The minimum atomic E-state index is -4.25. The third-order valence-corrected chi connectivity index (χ3v) is 3.10. The predicted octanol–water partition coefficient (Wildman–Crippen LogP) is -0.0395. The summed E-state index contributed by atoms with van der Waals surface area (Å²) in [6.45, 7) is 0.842. The van der Waals surface area contributed by atoms with Crippen molar-refractivity contribution >= 4 is 5.97 Å². The second kappa shape index (κ2) is 7.06. The number of hydrogen-bond donors (Lipinski definition) is 2. The molecule has 0 aromatic rings. The summed E-state index contributed by atoms with van der Waals surface area (Å²) in [5, 5.41) is 2.44. The van der Waals surface area contributed by atoms with Crippen LogP contribution in [0.15, 0.2) is 0 Å². The van der Waals surface area contributed by atoms with Gasteiger partial charge in [0.05, 0.1) is 19.6 Å². The SMILES string of the molecule is COC(=O)C1CC(NCC(F)(F)F)CN(CCN)C1. The monoisotopic (exact) mass is 283 g/mol. The molecule has 0 amide bonds. The molecule has 19 heavy (non-hydrogen) atoms. The van der Waals surface area contributed by atoms with E-state index in [0.717, 1.165) is 0 Å². The second-order valence-corrected chi connectivity index (χ2v) is 4.70. The zero-order valence-corrected chi connectivity index (χ0v) is 10.9. The second-order valence-electron chi connectivity index (χ2n) is 4.70. The summed E-state index contributed by atoms with van der Waals surface area (Å²) < 4.78 is 41.2. The maximum absolute atomic E-state index is 12.2. The van der Waals surface area contributed by atoms with Crippen LogP contribution in [-0.4, -0.2) is 62.9 Å². The maximum atomic E-state index is 12.2. The molecule has 5 nitrogen and oxygen atoms in total. The van der Waals surface area contributed by atoms with Crippen molar-refractivity contribution in [2.75, 3.05) is 39.8 Å². The van der Waals surface area contributed by atoms with Crippen LogP contribution in [0.3, 0.4) is 0 Å². The fourth-order valence-corrected chi connectivity index (χ4v) is 2.30. The molecule has 0 bridgehead atoms. The Hall–Kier alpha value is -0.860. The molecule has 1 saturated heterocycles. The van der Waals surface area contributed by atoms with Gasteiger partial charge in [0, 0.05) is 32.2 Å². The molecule has 1 rings (SSSR count). The number of halogens is 3. The number of methoxy groups -OCH3 is 1. The van der Waals surface area contributed by atoms with Crippen LogP contribution in [-0.2, 0) is 9.53 Å². The van der Waals surface area contributed by atoms with Gasteiger partial charge in [-0.15, -0.1) is 0 Å². The van der Waals surface area contributed by atoms with Gasteiger partial charge >= 0.3 is 12.1 Å². The summed E-state index contributed by atoms with van der Waals surface area (Å²) >= 11 is 0. The van der Waals surface area contributed by atoms with Gasteiger partial charge in [-0.1, -0.05) is 0 Å². The smallest absolute Gasteiger partial charge is 0.401 e. The molecule has 0 radical (unpaired) electrons. The molecule has 0 saturated carbocycles. The van der Waals surface area contributed by atoms with Crippen molar-refractivity contribution in [2.45, 2.75) is 18.6 Å². The number of esters is 1. The van der Waals surface area contributed by atoms with E-state index in [1.54, 1.807) is 0 Å². The van der Waals surface area contributed by atoms with E-state index in [9.17, 15) is 18.0 Å². The zero-order chi connectivity index (χ0) is 14.5. The molecule has 1 aliphatic heterocycles. The summed E-state index contributed by atoms with van der Waals surface area (Å²) in [5.41, 5.74) is 5.44. The molecule has 1 aliphatic rings. The van der Waals surface area contributed by atoms with E-state index >= 15 is 0 Å². The molecule has 0 spiro atoms. The molecule has 2 atom stereocenters. The number of carbonyl (C=O) groups is 1. The van der Waals surface area contributed by atoms with E-state index in [2.05, 4.69) is 10.1 Å². The molecular formula is C11H20F3N3O2. The molecule has 0 aromatic heterocycles. The molecule has 1 heterocycles. The van der Waals surface area contributed by atoms with Crippen molar-refractivity contribution in [1.29, 1.82) is 0 Å². The number of piperidine rings is 1. The Morgan fingerprint density at radius 2 is 2.16 bits per heavy atom. The van der Waals surface area contributed by atoms with Crippen LogP contribution in [0.4, 0.5) is 13.2 Å². The number of likely N-dealkylation sites (tertiary alicyclic amines) is 1. The van der Waals surface area contributed by atoms with E-state index in [4.69, 9.17) is 5.73 Å². The lowest BCUT2D eigenvalue weighted by Crippen LogP contribution is -2.53. The number of alkyl halides is 3. The van der Waals surface area contributed by atoms with Crippen molar-refractivity contribution in [3.8, 4) is 0 Å². The van der Waals surface area contributed by atoms with Crippen molar-refractivity contribution in [3.05, 3.63) is 0 Å². The molecule has 2 unspecified atom stereocenters. The van der Waals surface area contributed by atoms with Gasteiger partial charge in [-0.2, -0.15) is 13.2 Å². The predicted molar refractivity (Wildman–Crippen MR) is 63.5 cm³/mol. The normalized spacial score (nSPS) is 25.3. The summed E-state index contributed by atoms with van der Waals surface area (Å²) in [6, 6.07) is -0.383. The van der Waals surface area contributed by atoms with E-state index in [0.29, 0.717) is 32.6 Å². The van der Waals surface area contributed by atoms with E-state index in [1.807, 2.05) is 4.90 Å². The average molecular weight is 283 g/mol. The summed E-state index contributed by atoms with van der Waals surface area (Å²) in [4.78, 5) is 13.4. The van der Waals surface area contributed by atoms with E-state index in [-0.39, 0.29) is 12.0 Å². The van der Waals surface area contributed by atoms with Crippen molar-refractivity contribution in [2.24, 2.45) is 11.7 Å². The van der Waals surface area contributed by atoms with Crippen LogP contribution in [0.5, 0.6) is 0 Å². The number of hydrogen-bond acceptors (Lipinski definition) is 5. The first-order valence-corrected chi connectivity index (χ1v) is 6.16. The Labute approximate surface area is 110 Å². The van der Waals surface area contributed by atoms with Crippen molar-refractivity contribution in [3.63, 3.8) is 0 Å². The highest BCUT2D eigenvalue weighted by molar-refractivity contribution is 5.72. The van der Waals surface area contributed by atoms with Crippen LogP contribution in [0, 0.1) is 5.92 Å². The van der Waals surface area contributed by atoms with Gasteiger partial charge in [0.1, 0.15) is 0 Å². The first-order valence-electron chi connectivity index (χ1n) is 6.16. The number of nitrogens with two attached hydrogens (primary N) is 1. The lowest BCUT2D eigenvalue weighted by Gasteiger charge is -2.37. The van der Waals surface area contributed by atoms with Crippen LogP contribution >= 0.6 is 0 Å². The molecule has 1 fully saturated rings. The van der Waals surface area contributed by atoms with Gasteiger partial charge < -0.3 is 15.8 Å². The highest BCUT2D eigenvalue weighted by atomic mass is 19.4. The average Bonchev–Trinajstić information content (AvgIpc) is 2.35. The van der Waals surface area contributed by atoms with Gasteiger partial charge in [-0.05, 0) is 6.42 Å². The minimum Gasteiger partial charge on any atom is -0.469 e. The Morgan fingerprint density at radius 3 is 2.68 bits per heavy atom. The Bertz CT molecular complexity index is 299. The Morgan fingerprint density at radius 1 is 1.47 bits per heavy atom. The van der Waals surface area contributed by atoms with Crippen LogP contribution in [0.25, 0.3) is 0 Å². The third-order valence-electron chi connectivity index (χ3n) is 3.10. The zero-order valence-electron chi connectivity index (χ0n) is 10.9. The molecule has 112 valence electrons. The van der Waals surface area contributed by atoms with Crippen molar-refractivity contribution < 1.29 is 22.7 Å². The first kappa shape index (κ1) is 16.2. The number of ether oxygens (including phenoxy) is 1. The topological polar surface area (TPSA) is 67.6 Å². The Kier molecular flexibility index (Phi) is 6.02. The molecule has 0 aliphatic carbocycles. The summed E-state index contributed by atoms with van der Waals surface area (Å²) in [7, 11) is 1.28. The summed E-state index contributed by atoms with van der Waals surface area (Å²) in [5.74, 6) is -0.795. The highest BCUT2D eigenvalue weighted by Gasteiger charge is 2.34. The lowest BCUT2D eigenvalue weighted by atomic mass is 9.94. The number of nitrogens with one attached hydrogen (secondary N) is 1. The number of nitrogens with zero attached hydrogens (tertiary/aromatic N) is 1. The fourth-order valence-electron chi connectivity index (χ4n) is 2.30. The standard InChI is InChI=1S/C11H20F3N3O2/c1-19-10(18)8-4-9(16-7-11(12,13)14)6-17(5-8)3-2-15/h8-9,16H,2-7,15H2,1H3. The van der Waals surface area contributed by atoms with Gasteiger partial charge in [0.25, 0.3) is 0 Å². The fraction of sp³-hybridized carbons (Fsp3) is 0.909. The van der Waals surface area contributed by atoms with Crippen LogP contribution < -0.4 is 11.1 Å². The van der Waals surface area contributed by atoms with Gasteiger partial charge in [-0.25, -0.2) is 0 Å². The number of carbonyl (C=O) groups excluding carboxylic acids is 1.